The molecule has 9 nitrogen and oxygen atoms in total. The number of carbonyl (C=O) groups is 3. The second-order valence-electron chi connectivity index (χ2n) is 10.8. The first-order valence-electron chi connectivity index (χ1n) is 13.8. The lowest BCUT2D eigenvalue weighted by atomic mass is 9.78. The first kappa shape index (κ1) is 26.6. The van der Waals surface area contributed by atoms with Crippen molar-refractivity contribution in [3.8, 4) is 0 Å². The Kier molecular flexibility index (Phi) is 7.54. The van der Waals surface area contributed by atoms with Crippen LogP contribution in [-0.4, -0.2) is 119 Å². The van der Waals surface area contributed by atoms with E-state index in [0.717, 1.165) is 25.2 Å². The molecule has 1 aromatic rings. The number of fused-ring (bicyclic) bond motifs is 2. The number of likely N-dealkylation sites (tertiary alicyclic amines) is 1. The average molecular weight is 554 g/mol. The highest BCUT2D eigenvalue weighted by atomic mass is 32.2. The predicted octanol–water partition coefficient (Wildman–Crippen LogP) is 0.731. The fraction of sp³-hybridized carbons (Fsp3) is 0.552. The van der Waals surface area contributed by atoms with Gasteiger partial charge in [-0.1, -0.05) is 54.6 Å². The normalized spacial score (nSPS) is 33.3. The zero-order valence-electron chi connectivity index (χ0n) is 21.9. The molecule has 2 amide bonds. The van der Waals surface area contributed by atoms with E-state index in [1.165, 1.54) is 11.8 Å². The van der Waals surface area contributed by atoms with Gasteiger partial charge in [0.15, 0.2) is 0 Å². The highest BCUT2D eigenvalue weighted by molar-refractivity contribution is 8.02. The summed E-state index contributed by atoms with van der Waals surface area (Å²) in [5.41, 5.74) is 0.971. The average Bonchev–Trinajstić information content (AvgIpc) is 3.27. The molecule has 1 N–H and O–H groups in total. The summed E-state index contributed by atoms with van der Waals surface area (Å²) >= 11 is 1.53. The van der Waals surface area contributed by atoms with Crippen LogP contribution < -0.4 is 0 Å². The summed E-state index contributed by atoms with van der Waals surface area (Å²) in [4.78, 5) is 47.7. The first-order chi connectivity index (χ1) is 19.0. The maximum absolute atomic E-state index is 14.4. The Labute approximate surface area is 232 Å². The maximum atomic E-state index is 14.4. The number of nitrogens with zero attached hydrogens (tertiary/aromatic N) is 3. The molecule has 208 valence electrons. The fourth-order valence-electron chi connectivity index (χ4n) is 6.77. The molecule has 39 heavy (non-hydrogen) atoms. The maximum Gasteiger partial charge on any atom is 0.311 e. The van der Waals surface area contributed by atoms with Crippen molar-refractivity contribution in [1.82, 2.24) is 14.7 Å². The second-order valence-corrected chi connectivity index (χ2v) is 12.3. The third-order valence-corrected chi connectivity index (χ3v) is 10.4. The minimum absolute atomic E-state index is 0.128. The molecule has 1 spiro atoms. The molecule has 6 atom stereocenters. The number of esters is 1. The highest BCUT2D eigenvalue weighted by Crippen LogP contribution is 2.61. The van der Waals surface area contributed by atoms with Crippen LogP contribution >= 0.6 is 11.8 Å². The van der Waals surface area contributed by atoms with E-state index in [2.05, 4.69) is 4.90 Å². The van der Waals surface area contributed by atoms with Crippen molar-refractivity contribution < 1.29 is 29.0 Å². The number of thioether (sulfide) groups is 1. The van der Waals surface area contributed by atoms with Crippen LogP contribution in [0.5, 0.6) is 0 Å². The number of hydrogen-bond acceptors (Lipinski definition) is 8. The molecule has 5 aliphatic heterocycles. The molecule has 0 bridgehead atoms. The number of benzene rings is 1. The smallest absolute Gasteiger partial charge is 0.311 e. The number of carbonyl (C=O) groups excluding carboxylic acids is 3. The molecule has 3 fully saturated rings. The molecule has 0 aromatic heterocycles. The minimum atomic E-state index is -0.915. The van der Waals surface area contributed by atoms with Gasteiger partial charge in [-0.2, -0.15) is 0 Å². The lowest BCUT2D eigenvalue weighted by Gasteiger charge is -2.39. The van der Waals surface area contributed by atoms with Gasteiger partial charge < -0.3 is 24.4 Å². The number of cyclic esters (lactones) is 1. The third kappa shape index (κ3) is 4.71. The number of aliphatic hydroxyl groups excluding tert-OH is 1. The van der Waals surface area contributed by atoms with E-state index in [1.807, 2.05) is 59.5 Å². The van der Waals surface area contributed by atoms with Crippen LogP contribution in [0.1, 0.15) is 5.56 Å². The Morgan fingerprint density at radius 1 is 1.05 bits per heavy atom. The van der Waals surface area contributed by atoms with Gasteiger partial charge in [-0.05, 0) is 12.0 Å². The SMILES string of the molecule is O=C1OCC=C[C@H]2S[C@]34C=CCN(CCN5CCOCC5)C(=O)C3N([C@@H](CO)Cc3ccccc3)C(=O)[C@@H]4[C@@H]12. The highest BCUT2D eigenvalue weighted by Gasteiger charge is 2.71. The molecule has 1 unspecified atom stereocenters. The summed E-state index contributed by atoms with van der Waals surface area (Å²) in [6, 6.07) is 8.27. The van der Waals surface area contributed by atoms with Gasteiger partial charge in [0.25, 0.3) is 0 Å². The summed E-state index contributed by atoms with van der Waals surface area (Å²) in [6.07, 6.45) is 8.18. The van der Waals surface area contributed by atoms with Crippen LogP contribution in [0.25, 0.3) is 0 Å². The molecule has 5 heterocycles. The number of rotatable bonds is 7. The Bertz CT molecular complexity index is 1150. The number of hydrogen-bond donors (Lipinski definition) is 1. The molecular weight excluding hydrogens is 518 g/mol. The van der Waals surface area contributed by atoms with Crippen LogP contribution in [0.3, 0.4) is 0 Å². The quantitative estimate of drug-likeness (QED) is 0.390. The van der Waals surface area contributed by atoms with Crippen molar-refractivity contribution >= 4 is 29.5 Å². The van der Waals surface area contributed by atoms with Crippen molar-refractivity contribution in [3.05, 3.63) is 60.2 Å². The van der Waals surface area contributed by atoms with Crippen molar-refractivity contribution in [2.24, 2.45) is 11.8 Å². The van der Waals surface area contributed by atoms with Crippen LogP contribution in [0, 0.1) is 11.8 Å². The van der Waals surface area contributed by atoms with Crippen LogP contribution in [-0.2, 0) is 30.3 Å². The lowest BCUT2D eigenvalue weighted by Crippen LogP contribution is -2.57. The Hall–Kier alpha value is -2.66. The molecule has 0 saturated carbocycles. The minimum Gasteiger partial charge on any atom is -0.461 e. The van der Waals surface area contributed by atoms with Crippen molar-refractivity contribution in [3.63, 3.8) is 0 Å². The molecular formula is C29H35N3O6S. The molecule has 0 aliphatic carbocycles. The van der Waals surface area contributed by atoms with Gasteiger partial charge in [0.05, 0.1) is 42.4 Å². The van der Waals surface area contributed by atoms with Gasteiger partial charge in [0, 0.05) is 38.0 Å². The molecule has 0 radical (unpaired) electrons. The molecule has 1 aromatic carbocycles. The zero-order chi connectivity index (χ0) is 27.0. The topological polar surface area (TPSA) is 99.6 Å². The first-order valence-corrected chi connectivity index (χ1v) is 14.7. The summed E-state index contributed by atoms with van der Waals surface area (Å²) in [5.74, 6) is -2.20. The number of amides is 2. The summed E-state index contributed by atoms with van der Waals surface area (Å²) in [5, 5.41) is 10.3. The van der Waals surface area contributed by atoms with E-state index in [1.54, 1.807) is 4.90 Å². The van der Waals surface area contributed by atoms with Gasteiger partial charge >= 0.3 is 5.97 Å². The van der Waals surface area contributed by atoms with E-state index in [9.17, 15) is 19.5 Å². The number of morpholine rings is 1. The molecule has 3 saturated heterocycles. The largest absolute Gasteiger partial charge is 0.461 e. The number of ether oxygens (including phenoxy) is 2. The monoisotopic (exact) mass is 553 g/mol. The van der Waals surface area contributed by atoms with E-state index in [4.69, 9.17) is 9.47 Å². The fourth-order valence-corrected chi connectivity index (χ4v) is 8.76. The summed E-state index contributed by atoms with van der Waals surface area (Å²) < 4.78 is 10.0. The number of aliphatic hydroxyl groups is 1. The zero-order valence-corrected chi connectivity index (χ0v) is 22.7. The van der Waals surface area contributed by atoms with Crippen molar-refractivity contribution in [2.45, 2.75) is 28.5 Å². The van der Waals surface area contributed by atoms with E-state index in [-0.39, 0.29) is 30.3 Å². The van der Waals surface area contributed by atoms with Crippen LogP contribution in [0.2, 0.25) is 0 Å². The Morgan fingerprint density at radius 3 is 2.62 bits per heavy atom. The molecule has 5 aliphatic rings. The van der Waals surface area contributed by atoms with Gasteiger partial charge in [0.2, 0.25) is 11.8 Å². The van der Waals surface area contributed by atoms with Crippen LogP contribution in [0.4, 0.5) is 0 Å². The third-order valence-electron chi connectivity index (χ3n) is 8.64. The summed E-state index contributed by atoms with van der Waals surface area (Å²) in [6.45, 7) is 4.62. The van der Waals surface area contributed by atoms with Gasteiger partial charge in [-0.3, -0.25) is 19.3 Å². The molecule has 10 heteroatoms. The standard InChI is InChI=1S/C29H35N3O6S/c33-19-21(18-20-6-2-1-3-7-20)32-25-27(35)31(12-11-30-13-16-37-17-14-30)10-5-9-29(25)24(26(32)34)23-22(39-29)8-4-15-38-28(23)36/h1-9,21-25,33H,10-19H2/t21-,22-,23+,24+,25?,29+/m1/s1. The van der Waals surface area contributed by atoms with Crippen molar-refractivity contribution in [2.75, 3.05) is 59.2 Å². The Morgan fingerprint density at radius 2 is 1.85 bits per heavy atom. The van der Waals surface area contributed by atoms with Gasteiger partial charge in [-0.25, -0.2) is 0 Å². The second kappa shape index (κ2) is 11.1. The van der Waals surface area contributed by atoms with E-state index in [0.29, 0.717) is 32.7 Å². The lowest BCUT2D eigenvalue weighted by molar-refractivity contribution is -0.152. The van der Waals surface area contributed by atoms with Gasteiger partial charge in [0.1, 0.15) is 12.6 Å². The van der Waals surface area contributed by atoms with E-state index >= 15 is 0 Å². The summed E-state index contributed by atoms with van der Waals surface area (Å²) in [7, 11) is 0. The predicted molar refractivity (Wildman–Crippen MR) is 146 cm³/mol. The Balaban J connectivity index is 1.36. The molecule has 6 rings (SSSR count). The van der Waals surface area contributed by atoms with Gasteiger partial charge in [-0.15, -0.1) is 11.8 Å². The van der Waals surface area contributed by atoms with E-state index < -0.39 is 34.6 Å². The van der Waals surface area contributed by atoms with Crippen LogP contribution in [0.15, 0.2) is 54.6 Å². The van der Waals surface area contributed by atoms with Crippen molar-refractivity contribution in [1.29, 1.82) is 0 Å².